The van der Waals surface area contributed by atoms with E-state index in [2.05, 4.69) is 27.7 Å². The van der Waals surface area contributed by atoms with E-state index >= 15 is 0 Å². The lowest BCUT2D eigenvalue weighted by Gasteiger charge is -2.21. The normalized spacial score (nSPS) is 15.2. The Kier molecular flexibility index (Phi) is 5.88. The molecule has 1 atom stereocenters. The molecule has 0 aliphatic heterocycles. The fraction of sp³-hybridized carbons (Fsp3) is 0.240. The van der Waals surface area contributed by atoms with Crippen LogP contribution >= 0.6 is 11.6 Å². The molecule has 2 aromatic heterocycles. The number of carbonyl (C=O) groups excluding carboxylic acids is 1. The first-order valence-corrected chi connectivity index (χ1v) is 11.2. The van der Waals surface area contributed by atoms with Crippen molar-refractivity contribution in [2.24, 2.45) is 0 Å². The predicted molar refractivity (Wildman–Crippen MR) is 125 cm³/mol. The minimum Gasteiger partial charge on any atom is -0.495 e. The van der Waals surface area contributed by atoms with Crippen LogP contribution in [0.25, 0.3) is 0 Å². The molecule has 2 aromatic carbocycles. The number of amides is 1. The van der Waals surface area contributed by atoms with E-state index in [1.165, 1.54) is 5.56 Å². The summed E-state index contributed by atoms with van der Waals surface area (Å²) in [5, 5.41) is 11.9. The number of methoxy groups -OCH3 is 1. The first-order valence-electron chi connectivity index (χ1n) is 10.8. The number of carbonyl (C=O) groups is 1. The van der Waals surface area contributed by atoms with Crippen molar-refractivity contribution in [2.45, 2.75) is 31.7 Å². The van der Waals surface area contributed by atoms with Gasteiger partial charge in [0.2, 0.25) is 0 Å². The zero-order chi connectivity index (χ0) is 22.8. The molecule has 0 saturated heterocycles. The Morgan fingerprint density at radius 3 is 2.91 bits per heavy atom. The molecule has 0 bridgehead atoms. The van der Waals surface area contributed by atoms with Gasteiger partial charge in [0.25, 0.3) is 5.91 Å². The highest BCUT2D eigenvalue weighted by atomic mass is 35.5. The van der Waals surface area contributed by atoms with E-state index in [-0.39, 0.29) is 5.91 Å². The van der Waals surface area contributed by atoms with Crippen molar-refractivity contribution in [1.29, 1.82) is 0 Å². The van der Waals surface area contributed by atoms with Crippen LogP contribution in [-0.2, 0) is 19.4 Å². The highest BCUT2D eigenvalue weighted by Crippen LogP contribution is 2.34. The van der Waals surface area contributed by atoms with Gasteiger partial charge in [-0.1, -0.05) is 53.2 Å². The van der Waals surface area contributed by atoms with Crippen LogP contribution in [0.5, 0.6) is 5.75 Å². The second-order valence-electron chi connectivity index (χ2n) is 8.13. The number of aryl methyl sites for hydroxylation is 1. The molecule has 1 unspecified atom stereocenters. The molecule has 1 aliphatic carbocycles. The summed E-state index contributed by atoms with van der Waals surface area (Å²) in [5.41, 5.74) is 4.08. The molecular weight excluding hydrogens is 440 g/mol. The van der Waals surface area contributed by atoms with Crippen LogP contribution < -0.4 is 10.1 Å². The van der Waals surface area contributed by atoms with E-state index in [0.29, 0.717) is 34.6 Å². The number of aromatic nitrogens is 3. The van der Waals surface area contributed by atoms with Gasteiger partial charge in [-0.3, -0.25) is 9.48 Å². The number of nitrogens with one attached hydrogen (secondary N) is 1. The standard InChI is InChI=1S/C25H23ClN4O3/c1-32-23-9-7-16(11-21(23)26)14-30-15-19(13-27-30)28-25(31)24-20-12-18(8-10-22(20)33-29-24)17-5-3-2-4-6-17/h2-7,9,11,13,15,18H,8,10,12,14H2,1H3,(H,28,31). The van der Waals surface area contributed by atoms with E-state index in [1.807, 2.05) is 36.4 Å². The van der Waals surface area contributed by atoms with Crippen LogP contribution in [0.15, 0.2) is 65.4 Å². The molecular formula is C25H23ClN4O3. The average molecular weight is 463 g/mol. The summed E-state index contributed by atoms with van der Waals surface area (Å²) in [4.78, 5) is 13.0. The van der Waals surface area contributed by atoms with Crippen molar-refractivity contribution < 1.29 is 14.1 Å². The van der Waals surface area contributed by atoms with Gasteiger partial charge in [0, 0.05) is 18.2 Å². The van der Waals surface area contributed by atoms with Gasteiger partial charge in [0.05, 0.1) is 30.6 Å². The molecule has 1 amide bonds. The first-order chi connectivity index (χ1) is 16.1. The van der Waals surface area contributed by atoms with Gasteiger partial charge in [-0.2, -0.15) is 5.10 Å². The minimum atomic E-state index is -0.291. The van der Waals surface area contributed by atoms with Crippen molar-refractivity contribution in [3.8, 4) is 5.75 Å². The van der Waals surface area contributed by atoms with E-state index < -0.39 is 0 Å². The second kappa shape index (κ2) is 9.11. The van der Waals surface area contributed by atoms with Crippen LogP contribution in [0.3, 0.4) is 0 Å². The summed E-state index contributed by atoms with van der Waals surface area (Å²) < 4.78 is 12.4. The second-order valence-corrected chi connectivity index (χ2v) is 8.54. The number of fused-ring (bicyclic) bond motifs is 1. The number of hydrogen-bond donors (Lipinski definition) is 1. The highest BCUT2D eigenvalue weighted by Gasteiger charge is 2.29. The molecule has 33 heavy (non-hydrogen) atoms. The molecule has 1 aliphatic rings. The number of anilines is 1. The average Bonchev–Trinajstić information content (AvgIpc) is 3.46. The van der Waals surface area contributed by atoms with Crippen molar-refractivity contribution in [3.63, 3.8) is 0 Å². The lowest BCUT2D eigenvalue weighted by Crippen LogP contribution is -2.18. The number of hydrogen-bond acceptors (Lipinski definition) is 5. The number of rotatable bonds is 6. The third-order valence-electron chi connectivity index (χ3n) is 5.98. The van der Waals surface area contributed by atoms with Crippen LogP contribution in [-0.4, -0.2) is 28.0 Å². The first kappa shape index (κ1) is 21.3. The van der Waals surface area contributed by atoms with E-state index in [4.69, 9.17) is 20.9 Å². The summed E-state index contributed by atoms with van der Waals surface area (Å²) in [6.07, 6.45) is 5.88. The molecule has 5 rings (SSSR count). The fourth-order valence-corrected chi connectivity index (χ4v) is 4.57. The van der Waals surface area contributed by atoms with Crippen molar-refractivity contribution in [2.75, 3.05) is 12.4 Å². The Morgan fingerprint density at radius 1 is 1.27 bits per heavy atom. The molecule has 0 radical (unpaired) electrons. The van der Waals surface area contributed by atoms with Crippen LogP contribution in [0.4, 0.5) is 5.69 Å². The molecule has 1 N–H and O–H groups in total. The number of halogens is 1. The zero-order valence-corrected chi connectivity index (χ0v) is 18.9. The van der Waals surface area contributed by atoms with Crippen molar-refractivity contribution in [1.82, 2.24) is 14.9 Å². The summed E-state index contributed by atoms with van der Waals surface area (Å²) in [6.45, 7) is 0.512. The Hall–Kier alpha value is -3.58. The number of benzene rings is 2. The third-order valence-corrected chi connectivity index (χ3v) is 6.27. The highest BCUT2D eigenvalue weighted by molar-refractivity contribution is 6.32. The Balaban J connectivity index is 1.27. The molecule has 2 heterocycles. The SMILES string of the molecule is COc1ccc(Cn2cc(NC(=O)c3noc4c3CC(c3ccccc3)CC4)cn2)cc1Cl. The maximum Gasteiger partial charge on any atom is 0.278 e. The predicted octanol–water partition coefficient (Wildman–Crippen LogP) is 5.11. The molecule has 0 spiro atoms. The lowest BCUT2D eigenvalue weighted by atomic mass is 9.82. The van der Waals surface area contributed by atoms with Gasteiger partial charge >= 0.3 is 0 Å². The molecule has 0 fully saturated rings. The summed E-state index contributed by atoms with van der Waals surface area (Å²) in [7, 11) is 1.58. The number of nitrogens with zero attached hydrogens (tertiary/aromatic N) is 3. The summed E-state index contributed by atoms with van der Waals surface area (Å²) >= 11 is 6.21. The van der Waals surface area contributed by atoms with Crippen LogP contribution in [0, 0.1) is 0 Å². The van der Waals surface area contributed by atoms with Gasteiger partial charge < -0.3 is 14.6 Å². The molecule has 4 aromatic rings. The monoisotopic (exact) mass is 462 g/mol. The van der Waals surface area contributed by atoms with E-state index in [1.54, 1.807) is 24.2 Å². The molecule has 7 nitrogen and oxygen atoms in total. The van der Waals surface area contributed by atoms with Crippen LogP contribution in [0.2, 0.25) is 5.02 Å². The zero-order valence-electron chi connectivity index (χ0n) is 18.1. The Labute approximate surface area is 196 Å². The largest absolute Gasteiger partial charge is 0.495 e. The Bertz CT molecular complexity index is 1280. The van der Waals surface area contributed by atoms with E-state index in [0.717, 1.165) is 36.1 Å². The maximum atomic E-state index is 13.0. The minimum absolute atomic E-state index is 0.291. The smallest absolute Gasteiger partial charge is 0.278 e. The van der Waals surface area contributed by atoms with Crippen molar-refractivity contribution >= 4 is 23.2 Å². The Morgan fingerprint density at radius 2 is 2.12 bits per heavy atom. The van der Waals surface area contributed by atoms with Gasteiger partial charge in [0.1, 0.15) is 11.5 Å². The maximum absolute atomic E-state index is 13.0. The third kappa shape index (κ3) is 4.50. The lowest BCUT2D eigenvalue weighted by molar-refractivity contribution is 0.101. The molecule has 0 saturated carbocycles. The molecule has 168 valence electrons. The van der Waals surface area contributed by atoms with Gasteiger partial charge in [0.15, 0.2) is 5.69 Å². The van der Waals surface area contributed by atoms with Crippen molar-refractivity contribution in [3.05, 3.63) is 94.1 Å². The topological polar surface area (TPSA) is 82.2 Å². The fourth-order valence-electron chi connectivity index (χ4n) is 4.29. The van der Waals surface area contributed by atoms with E-state index in [9.17, 15) is 4.79 Å². The van der Waals surface area contributed by atoms with Gasteiger partial charge in [-0.05, 0) is 42.0 Å². The van der Waals surface area contributed by atoms with Gasteiger partial charge in [-0.25, -0.2) is 0 Å². The molecule has 8 heteroatoms. The summed E-state index contributed by atoms with van der Waals surface area (Å²) in [6, 6.07) is 16.0. The quantitative estimate of drug-likeness (QED) is 0.430. The number of ether oxygens (including phenoxy) is 1. The van der Waals surface area contributed by atoms with Gasteiger partial charge in [-0.15, -0.1) is 0 Å². The summed E-state index contributed by atoms with van der Waals surface area (Å²) in [5.74, 6) is 1.49. The van der Waals surface area contributed by atoms with Crippen LogP contribution in [0.1, 0.15) is 45.3 Å².